The van der Waals surface area contributed by atoms with Crippen molar-refractivity contribution in [1.29, 1.82) is 0 Å². The van der Waals surface area contributed by atoms with E-state index in [1.807, 2.05) is 0 Å². The SMILES string of the molecule is Cc1ccc(C2C(C(=O)c3ccco3)=C(O)C(=O)N2c2nc3ccc(F)cc3s2)o1. The molecule has 1 aromatic carbocycles. The van der Waals surface area contributed by atoms with E-state index in [2.05, 4.69) is 4.98 Å². The van der Waals surface area contributed by atoms with Gasteiger partial charge in [0.05, 0.1) is 22.1 Å². The molecule has 1 amide bonds. The molecule has 0 aliphatic carbocycles. The van der Waals surface area contributed by atoms with Gasteiger partial charge in [0, 0.05) is 0 Å². The van der Waals surface area contributed by atoms with Gasteiger partial charge in [0.15, 0.2) is 16.7 Å². The number of nitrogens with zero attached hydrogens (tertiary/aromatic N) is 2. The molecule has 9 heteroatoms. The Morgan fingerprint density at radius 1 is 1.27 bits per heavy atom. The number of Topliss-reactive ketones (excluding diaryl/α,β-unsaturated/α-hetero) is 1. The van der Waals surface area contributed by atoms with Crippen LogP contribution in [0.4, 0.5) is 9.52 Å². The number of furan rings is 2. The number of rotatable bonds is 4. The van der Waals surface area contributed by atoms with Crippen LogP contribution < -0.4 is 4.90 Å². The Morgan fingerprint density at radius 2 is 2.10 bits per heavy atom. The summed E-state index contributed by atoms with van der Waals surface area (Å²) in [4.78, 5) is 31.6. The molecule has 1 N–H and O–H groups in total. The van der Waals surface area contributed by atoms with E-state index in [1.165, 1.54) is 41.5 Å². The third-order valence-corrected chi connectivity index (χ3v) is 5.79. The summed E-state index contributed by atoms with van der Waals surface area (Å²) >= 11 is 1.07. The highest BCUT2D eigenvalue weighted by Gasteiger charge is 2.48. The van der Waals surface area contributed by atoms with E-state index in [9.17, 15) is 19.1 Å². The number of hydrogen-bond donors (Lipinski definition) is 1. The smallest absolute Gasteiger partial charge is 0.296 e. The number of fused-ring (bicyclic) bond motifs is 1. The van der Waals surface area contributed by atoms with Gasteiger partial charge in [-0.2, -0.15) is 0 Å². The van der Waals surface area contributed by atoms with Crippen molar-refractivity contribution in [3.63, 3.8) is 0 Å². The van der Waals surface area contributed by atoms with E-state index in [0.717, 1.165) is 11.3 Å². The normalized spacial score (nSPS) is 16.8. The number of aliphatic hydroxyl groups excluding tert-OH is 1. The lowest BCUT2D eigenvalue weighted by Crippen LogP contribution is -2.30. The van der Waals surface area contributed by atoms with Gasteiger partial charge in [0.1, 0.15) is 23.4 Å². The van der Waals surface area contributed by atoms with Gasteiger partial charge in [-0.1, -0.05) is 11.3 Å². The molecule has 1 unspecified atom stereocenters. The van der Waals surface area contributed by atoms with Crippen molar-refractivity contribution >= 4 is 38.4 Å². The van der Waals surface area contributed by atoms with Gasteiger partial charge in [-0.25, -0.2) is 9.37 Å². The van der Waals surface area contributed by atoms with Crippen molar-refractivity contribution in [3.05, 3.63) is 83.2 Å². The van der Waals surface area contributed by atoms with Crippen molar-refractivity contribution in [1.82, 2.24) is 4.98 Å². The fraction of sp³-hybridized carbons (Fsp3) is 0.0952. The molecule has 3 aromatic heterocycles. The van der Waals surface area contributed by atoms with Crippen LogP contribution in [0, 0.1) is 12.7 Å². The van der Waals surface area contributed by atoms with E-state index in [0.29, 0.717) is 16.0 Å². The lowest BCUT2D eigenvalue weighted by Gasteiger charge is -2.21. The zero-order valence-electron chi connectivity index (χ0n) is 15.5. The number of thiazole rings is 1. The van der Waals surface area contributed by atoms with Crippen LogP contribution in [0.2, 0.25) is 0 Å². The molecule has 1 aliphatic heterocycles. The molecule has 0 spiro atoms. The summed E-state index contributed by atoms with van der Waals surface area (Å²) in [5, 5.41) is 10.8. The maximum Gasteiger partial charge on any atom is 0.296 e. The molecular weight excluding hydrogens is 411 g/mol. The molecule has 5 rings (SSSR count). The number of hydrogen-bond acceptors (Lipinski definition) is 7. The highest BCUT2D eigenvalue weighted by molar-refractivity contribution is 7.22. The van der Waals surface area contributed by atoms with Crippen LogP contribution in [-0.2, 0) is 4.79 Å². The van der Waals surface area contributed by atoms with E-state index in [-0.39, 0.29) is 22.2 Å². The molecule has 0 fully saturated rings. The van der Waals surface area contributed by atoms with Crippen molar-refractivity contribution < 1.29 is 27.9 Å². The highest BCUT2D eigenvalue weighted by atomic mass is 32.1. The first kappa shape index (κ1) is 18.3. The molecule has 150 valence electrons. The summed E-state index contributed by atoms with van der Waals surface area (Å²) < 4.78 is 25.0. The van der Waals surface area contributed by atoms with Crippen LogP contribution in [0.3, 0.4) is 0 Å². The highest BCUT2D eigenvalue weighted by Crippen LogP contribution is 2.44. The average molecular weight is 424 g/mol. The second-order valence-corrected chi connectivity index (χ2v) is 7.71. The summed E-state index contributed by atoms with van der Waals surface area (Å²) in [5.74, 6) is -1.75. The number of carbonyl (C=O) groups excluding carboxylic acids is 2. The van der Waals surface area contributed by atoms with Crippen molar-refractivity contribution in [2.24, 2.45) is 0 Å². The van der Waals surface area contributed by atoms with Gasteiger partial charge in [0.25, 0.3) is 5.91 Å². The summed E-state index contributed by atoms with van der Waals surface area (Å²) in [5.41, 5.74) is 0.318. The summed E-state index contributed by atoms with van der Waals surface area (Å²) in [6.45, 7) is 1.72. The number of benzene rings is 1. The Labute approximate surface area is 172 Å². The van der Waals surface area contributed by atoms with Gasteiger partial charge in [-0.3, -0.25) is 14.5 Å². The molecule has 0 saturated heterocycles. The van der Waals surface area contributed by atoms with Gasteiger partial charge in [0.2, 0.25) is 5.78 Å². The van der Waals surface area contributed by atoms with Gasteiger partial charge >= 0.3 is 0 Å². The molecule has 1 atom stereocenters. The number of carbonyl (C=O) groups is 2. The summed E-state index contributed by atoms with van der Waals surface area (Å²) in [6, 6.07) is 9.33. The monoisotopic (exact) mass is 424 g/mol. The molecule has 1 aliphatic rings. The number of anilines is 1. The second-order valence-electron chi connectivity index (χ2n) is 6.70. The number of amides is 1. The zero-order chi connectivity index (χ0) is 21.0. The lowest BCUT2D eigenvalue weighted by atomic mass is 10.00. The van der Waals surface area contributed by atoms with Crippen molar-refractivity contribution in [2.75, 3.05) is 4.90 Å². The van der Waals surface area contributed by atoms with Crippen LogP contribution in [-0.4, -0.2) is 21.8 Å². The molecular formula is C21H13FN2O5S. The zero-order valence-corrected chi connectivity index (χ0v) is 16.3. The van der Waals surface area contributed by atoms with Crippen LogP contribution in [0.25, 0.3) is 10.2 Å². The fourth-order valence-electron chi connectivity index (χ4n) is 3.43. The molecule has 30 heavy (non-hydrogen) atoms. The van der Waals surface area contributed by atoms with Crippen LogP contribution in [0.1, 0.15) is 28.1 Å². The molecule has 4 heterocycles. The fourth-order valence-corrected chi connectivity index (χ4v) is 4.45. The third kappa shape index (κ3) is 2.74. The molecule has 0 radical (unpaired) electrons. The maximum atomic E-state index is 13.6. The standard InChI is InChI=1S/C21H13FN2O5S/c1-10-4-7-13(29-10)17-16(18(25)14-3-2-8-28-14)19(26)20(27)24(17)21-23-12-6-5-11(22)9-15(12)30-21/h2-9,17,26H,1H3. The predicted molar refractivity (Wildman–Crippen MR) is 106 cm³/mol. The van der Waals surface area contributed by atoms with E-state index in [4.69, 9.17) is 8.83 Å². The number of aryl methyl sites for hydroxylation is 1. The number of aromatic nitrogens is 1. The Morgan fingerprint density at radius 3 is 2.80 bits per heavy atom. The quantitative estimate of drug-likeness (QED) is 0.477. The minimum Gasteiger partial charge on any atom is -0.503 e. The minimum atomic E-state index is -1.05. The first-order valence-corrected chi connectivity index (χ1v) is 9.73. The molecule has 0 saturated carbocycles. The topological polar surface area (TPSA) is 96.8 Å². The van der Waals surface area contributed by atoms with Gasteiger partial charge in [-0.15, -0.1) is 0 Å². The lowest BCUT2D eigenvalue weighted by molar-refractivity contribution is -0.117. The van der Waals surface area contributed by atoms with Crippen LogP contribution >= 0.6 is 11.3 Å². The van der Waals surface area contributed by atoms with Crippen LogP contribution in [0.5, 0.6) is 0 Å². The number of halogens is 1. The Balaban J connectivity index is 1.68. The molecule has 7 nitrogen and oxygen atoms in total. The van der Waals surface area contributed by atoms with Gasteiger partial charge in [-0.05, 0) is 49.4 Å². The number of aliphatic hydroxyl groups is 1. The van der Waals surface area contributed by atoms with E-state index >= 15 is 0 Å². The first-order chi connectivity index (χ1) is 14.4. The van der Waals surface area contributed by atoms with Gasteiger partial charge < -0.3 is 13.9 Å². The summed E-state index contributed by atoms with van der Waals surface area (Å²) in [7, 11) is 0. The van der Waals surface area contributed by atoms with Crippen LogP contribution in [0.15, 0.2) is 68.9 Å². The Hall–Kier alpha value is -3.72. The van der Waals surface area contributed by atoms with E-state index in [1.54, 1.807) is 19.1 Å². The molecule has 4 aromatic rings. The third-order valence-electron chi connectivity index (χ3n) is 4.77. The minimum absolute atomic E-state index is 0.0224. The average Bonchev–Trinajstić information content (AvgIpc) is 3.49. The largest absolute Gasteiger partial charge is 0.503 e. The molecule has 0 bridgehead atoms. The Bertz CT molecular complexity index is 1330. The first-order valence-electron chi connectivity index (χ1n) is 8.91. The Kier molecular flexibility index (Phi) is 4.07. The predicted octanol–water partition coefficient (Wildman–Crippen LogP) is 4.71. The van der Waals surface area contributed by atoms with Crippen molar-refractivity contribution in [3.8, 4) is 0 Å². The second kappa shape index (κ2) is 6.67. The van der Waals surface area contributed by atoms with Crippen molar-refractivity contribution in [2.45, 2.75) is 13.0 Å². The summed E-state index contributed by atoms with van der Waals surface area (Å²) in [6.07, 6.45) is 1.33. The number of ketones is 1. The maximum absolute atomic E-state index is 13.6. The van der Waals surface area contributed by atoms with E-state index < -0.39 is 29.3 Å².